The molecule has 0 saturated carbocycles. The van der Waals surface area contributed by atoms with Gasteiger partial charge < -0.3 is 5.11 Å². The van der Waals surface area contributed by atoms with Gasteiger partial charge >= 0.3 is 0 Å². The van der Waals surface area contributed by atoms with E-state index in [0.717, 1.165) is 38.0 Å². The second-order valence-electron chi connectivity index (χ2n) is 6.33. The van der Waals surface area contributed by atoms with Gasteiger partial charge in [-0.05, 0) is 55.5 Å². The van der Waals surface area contributed by atoms with Crippen molar-refractivity contribution in [2.45, 2.75) is 24.3 Å². The molecule has 1 aliphatic heterocycles. The number of rotatable bonds is 5. The van der Waals surface area contributed by atoms with Crippen LogP contribution in [0.25, 0.3) is 0 Å². The molecule has 0 aliphatic carbocycles. The van der Waals surface area contributed by atoms with E-state index in [2.05, 4.69) is 4.90 Å². The van der Waals surface area contributed by atoms with Crippen LogP contribution in [0.15, 0.2) is 53.4 Å². The van der Waals surface area contributed by atoms with Gasteiger partial charge in [0.1, 0.15) is 5.75 Å². The highest BCUT2D eigenvalue weighted by Crippen LogP contribution is 2.24. The highest BCUT2D eigenvalue weighted by Gasteiger charge is 2.26. The van der Waals surface area contributed by atoms with Crippen LogP contribution in [0.2, 0.25) is 0 Å². The third-order valence-corrected chi connectivity index (χ3v) is 5.34. The van der Waals surface area contributed by atoms with Crippen LogP contribution in [-0.2, 0) is 6.54 Å². The molecular weight excluding hydrogens is 318 g/mol. The van der Waals surface area contributed by atoms with Crippen molar-refractivity contribution in [1.29, 1.82) is 0 Å². The van der Waals surface area contributed by atoms with Crippen LogP contribution in [0.5, 0.6) is 5.75 Å². The Balaban J connectivity index is 1.63. The van der Waals surface area contributed by atoms with Crippen molar-refractivity contribution in [3.05, 3.63) is 59.7 Å². The van der Waals surface area contributed by atoms with E-state index in [9.17, 15) is 9.90 Å². The zero-order valence-electron chi connectivity index (χ0n) is 13.9. The first-order valence-corrected chi connectivity index (χ1v) is 9.56. The summed E-state index contributed by atoms with van der Waals surface area (Å²) in [5, 5.41) is 9.38. The molecule has 24 heavy (non-hydrogen) atoms. The first-order valence-electron chi connectivity index (χ1n) is 8.34. The van der Waals surface area contributed by atoms with E-state index >= 15 is 0 Å². The number of carbonyl (C=O) groups excluding carboxylic acids is 1. The van der Waals surface area contributed by atoms with Crippen molar-refractivity contribution >= 4 is 17.5 Å². The quantitative estimate of drug-likeness (QED) is 0.653. The Kier molecular flexibility index (Phi) is 5.59. The minimum absolute atomic E-state index is 0.0796. The summed E-state index contributed by atoms with van der Waals surface area (Å²) in [7, 11) is 0. The molecule has 1 heterocycles. The molecule has 2 aromatic carbocycles. The molecule has 3 nitrogen and oxygen atoms in total. The molecule has 2 aromatic rings. The standard InChI is InChI=1S/C20H23NO2S/c1-24-19-10-6-16(7-11-19)20(23)17-3-2-12-21(14-17)13-15-4-8-18(22)9-5-15/h4-11,17,22H,2-3,12-14H2,1H3. The van der Waals surface area contributed by atoms with Gasteiger partial charge in [-0.15, -0.1) is 11.8 Å². The van der Waals surface area contributed by atoms with Crippen molar-refractivity contribution in [3.63, 3.8) is 0 Å². The summed E-state index contributed by atoms with van der Waals surface area (Å²) < 4.78 is 0. The summed E-state index contributed by atoms with van der Waals surface area (Å²) in [5.74, 6) is 0.633. The summed E-state index contributed by atoms with van der Waals surface area (Å²) in [6.45, 7) is 2.66. The minimum atomic E-state index is 0.0796. The first kappa shape index (κ1) is 17.1. The lowest BCUT2D eigenvalue weighted by molar-refractivity contribution is 0.0811. The predicted octanol–water partition coefficient (Wildman–Crippen LogP) is 4.21. The number of likely N-dealkylation sites (tertiary alicyclic amines) is 1. The van der Waals surface area contributed by atoms with Crippen molar-refractivity contribution in [2.24, 2.45) is 5.92 Å². The number of aromatic hydroxyl groups is 1. The number of piperidine rings is 1. The van der Waals surface area contributed by atoms with Gasteiger partial charge in [0, 0.05) is 29.5 Å². The molecule has 1 unspecified atom stereocenters. The summed E-state index contributed by atoms with van der Waals surface area (Å²) in [6, 6.07) is 15.3. The summed E-state index contributed by atoms with van der Waals surface area (Å²) in [5.41, 5.74) is 1.99. The number of nitrogens with zero attached hydrogens (tertiary/aromatic N) is 1. The van der Waals surface area contributed by atoms with Crippen LogP contribution in [0.4, 0.5) is 0 Å². The van der Waals surface area contributed by atoms with Gasteiger partial charge in [0.2, 0.25) is 0 Å². The van der Waals surface area contributed by atoms with Crippen LogP contribution in [-0.4, -0.2) is 35.1 Å². The summed E-state index contributed by atoms with van der Waals surface area (Å²) >= 11 is 1.69. The molecule has 0 bridgehead atoms. The molecule has 1 aliphatic rings. The van der Waals surface area contributed by atoms with Crippen LogP contribution >= 0.6 is 11.8 Å². The highest BCUT2D eigenvalue weighted by atomic mass is 32.2. The highest BCUT2D eigenvalue weighted by molar-refractivity contribution is 7.98. The van der Waals surface area contributed by atoms with Crippen LogP contribution in [0.3, 0.4) is 0 Å². The number of phenols is 1. The van der Waals surface area contributed by atoms with Gasteiger partial charge in [0.15, 0.2) is 5.78 Å². The molecule has 1 atom stereocenters. The number of Topliss-reactive ketones (excluding diaryl/α,β-unsaturated/α-hetero) is 1. The van der Waals surface area contributed by atoms with Crippen LogP contribution in [0, 0.1) is 5.92 Å². The maximum absolute atomic E-state index is 12.8. The van der Waals surface area contributed by atoms with Crippen LogP contribution < -0.4 is 0 Å². The van der Waals surface area contributed by atoms with Crippen molar-refractivity contribution in [3.8, 4) is 5.75 Å². The fourth-order valence-electron chi connectivity index (χ4n) is 3.26. The smallest absolute Gasteiger partial charge is 0.167 e. The van der Waals surface area contributed by atoms with E-state index in [0.29, 0.717) is 5.75 Å². The van der Waals surface area contributed by atoms with Gasteiger partial charge in [-0.1, -0.05) is 24.3 Å². The third-order valence-electron chi connectivity index (χ3n) is 4.59. The maximum Gasteiger partial charge on any atom is 0.167 e. The molecular formula is C20H23NO2S. The lowest BCUT2D eigenvalue weighted by Gasteiger charge is -2.32. The van der Waals surface area contributed by atoms with Gasteiger partial charge in [0.05, 0.1) is 0 Å². The Bertz CT molecular complexity index is 682. The Morgan fingerprint density at radius 3 is 2.54 bits per heavy atom. The second kappa shape index (κ2) is 7.86. The summed E-state index contributed by atoms with van der Waals surface area (Å²) in [6.07, 6.45) is 4.06. The lowest BCUT2D eigenvalue weighted by Crippen LogP contribution is -2.38. The first-order chi connectivity index (χ1) is 11.7. The molecule has 1 fully saturated rings. The number of carbonyl (C=O) groups is 1. The average molecular weight is 341 g/mol. The lowest BCUT2D eigenvalue weighted by atomic mass is 9.90. The maximum atomic E-state index is 12.8. The number of ketones is 1. The number of hydrogen-bond donors (Lipinski definition) is 1. The molecule has 126 valence electrons. The van der Waals surface area contributed by atoms with Gasteiger partial charge in [-0.2, -0.15) is 0 Å². The zero-order chi connectivity index (χ0) is 16.9. The molecule has 0 radical (unpaired) electrons. The monoisotopic (exact) mass is 341 g/mol. The Hall–Kier alpha value is -1.78. The van der Waals surface area contributed by atoms with E-state index in [1.165, 1.54) is 10.5 Å². The largest absolute Gasteiger partial charge is 0.508 e. The molecule has 0 amide bonds. The SMILES string of the molecule is CSc1ccc(C(=O)C2CCCN(Cc3ccc(O)cc3)C2)cc1. The third kappa shape index (κ3) is 4.19. The number of thioether (sulfide) groups is 1. The van der Waals surface area contributed by atoms with E-state index < -0.39 is 0 Å². The van der Waals surface area contributed by atoms with Gasteiger partial charge in [0.25, 0.3) is 0 Å². The molecule has 1 saturated heterocycles. The van der Waals surface area contributed by atoms with Gasteiger partial charge in [-0.3, -0.25) is 9.69 Å². The van der Waals surface area contributed by atoms with E-state index in [1.54, 1.807) is 23.9 Å². The Labute approximate surface area is 147 Å². The average Bonchev–Trinajstić information content (AvgIpc) is 2.63. The second-order valence-corrected chi connectivity index (χ2v) is 7.21. The number of benzene rings is 2. The number of phenolic OH excluding ortho intramolecular Hbond substituents is 1. The predicted molar refractivity (Wildman–Crippen MR) is 98.7 cm³/mol. The topological polar surface area (TPSA) is 40.5 Å². The molecule has 4 heteroatoms. The van der Waals surface area contributed by atoms with Gasteiger partial charge in [-0.25, -0.2) is 0 Å². The normalized spacial score (nSPS) is 18.5. The molecule has 0 aromatic heterocycles. The minimum Gasteiger partial charge on any atom is -0.508 e. The Morgan fingerprint density at radius 2 is 1.88 bits per heavy atom. The summed E-state index contributed by atoms with van der Waals surface area (Å²) in [4.78, 5) is 16.3. The Morgan fingerprint density at radius 1 is 1.17 bits per heavy atom. The van der Waals surface area contributed by atoms with E-state index in [1.807, 2.05) is 42.7 Å². The van der Waals surface area contributed by atoms with Crippen molar-refractivity contribution in [1.82, 2.24) is 4.90 Å². The van der Waals surface area contributed by atoms with E-state index in [4.69, 9.17) is 0 Å². The zero-order valence-corrected chi connectivity index (χ0v) is 14.8. The van der Waals surface area contributed by atoms with Crippen molar-refractivity contribution < 1.29 is 9.90 Å². The van der Waals surface area contributed by atoms with E-state index in [-0.39, 0.29) is 11.7 Å². The fourth-order valence-corrected chi connectivity index (χ4v) is 3.67. The fraction of sp³-hybridized carbons (Fsp3) is 0.350. The molecule has 1 N–H and O–H groups in total. The molecule has 0 spiro atoms. The molecule has 3 rings (SSSR count). The van der Waals surface area contributed by atoms with Crippen LogP contribution in [0.1, 0.15) is 28.8 Å². The number of hydrogen-bond acceptors (Lipinski definition) is 4. The van der Waals surface area contributed by atoms with Crippen molar-refractivity contribution in [2.75, 3.05) is 19.3 Å².